The van der Waals surface area contributed by atoms with Crippen molar-refractivity contribution in [1.82, 2.24) is 10.6 Å². The van der Waals surface area contributed by atoms with Crippen LogP contribution in [0.4, 0.5) is 18.0 Å². The van der Waals surface area contributed by atoms with Crippen molar-refractivity contribution in [2.75, 3.05) is 20.3 Å². The molecule has 1 aliphatic rings. The van der Waals surface area contributed by atoms with Crippen molar-refractivity contribution in [3.05, 3.63) is 23.8 Å². The molecule has 0 spiro atoms. The Morgan fingerprint density at radius 1 is 1.19 bits per heavy atom. The molecule has 0 fully saturated rings. The lowest BCUT2D eigenvalue weighted by molar-refractivity contribution is -0.317. The van der Waals surface area contributed by atoms with E-state index in [1.165, 1.54) is 19.2 Å². The number of amides is 2. The predicted octanol–water partition coefficient (Wildman–Crippen LogP) is 3.31. The summed E-state index contributed by atoms with van der Waals surface area (Å²) in [4.78, 5) is 11.9. The number of nitrogens with one attached hydrogen (secondary N) is 2. The zero-order valence-corrected chi connectivity index (χ0v) is 15.1. The number of benzene rings is 1. The zero-order chi connectivity index (χ0) is 19.6. The third kappa shape index (κ3) is 4.32. The number of fused-ring (bicyclic) bond motifs is 1. The van der Waals surface area contributed by atoms with E-state index in [0.29, 0.717) is 13.0 Å². The first kappa shape index (κ1) is 20.2. The minimum atomic E-state index is -4.99. The summed E-state index contributed by atoms with van der Waals surface area (Å²) in [5.74, 6) is -3.43. The highest BCUT2D eigenvalue weighted by atomic mass is 19.4. The fourth-order valence-corrected chi connectivity index (χ4v) is 2.32. The van der Waals surface area contributed by atoms with Crippen LogP contribution in [0, 0.1) is 0 Å². The van der Waals surface area contributed by atoms with Crippen LogP contribution in [0.25, 0.3) is 0 Å². The molecule has 1 aromatic rings. The van der Waals surface area contributed by atoms with E-state index in [1.54, 1.807) is 11.4 Å². The van der Waals surface area contributed by atoms with E-state index < -0.39 is 18.1 Å². The summed E-state index contributed by atoms with van der Waals surface area (Å²) in [5, 5.41) is 4.07. The van der Waals surface area contributed by atoms with Crippen molar-refractivity contribution in [1.29, 1.82) is 0 Å². The van der Waals surface area contributed by atoms with E-state index in [-0.39, 0.29) is 23.5 Å². The maximum Gasteiger partial charge on any atom is 0.492 e. The first-order chi connectivity index (χ1) is 12.0. The van der Waals surface area contributed by atoms with E-state index in [2.05, 4.69) is 5.32 Å². The monoisotopic (exact) mass is 376 g/mol. The van der Waals surface area contributed by atoms with Crippen LogP contribution in [0.3, 0.4) is 0 Å². The van der Waals surface area contributed by atoms with Gasteiger partial charge in [-0.05, 0) is 29.5 Å². The molecule has 146 valence electrons. The molecule has 0 bridgehead atoms. The first-order valence-corrected chi connectivity index (χ1v) is 8.13. The van der Waals surface area contributed by atoms with Crippen molar-refractivity contribution in [2.45, 2.75) is 44.7 Å². The molecule has 1 aliphatic heterocycles. The number of urea groups is 1. The Bertz CT molecular complexity index is 658. The minimum absolute atomic E-state index is 0.0746. The number of carbonyl (C=O) groups excluding carboxylic acids is 1. The Morgan fingerprint density at radius 2 is 1.85 bits per heavy atom. The molecule has 0 unspecified atom stereocenters. The molecule has 0 saturated carbocycles. The van der Waals surface area contributed by atoms with Crippen LogP contribution in [0.15, 0.2) is 18.2 Å². The summed E-state index contributed by atoms with van der Waals surface area (Å²) < 4.78 is 55.7. The molecule has 0 radical (unpaired) electrons. The summed E-state index contributed by atoms with van der Waals surface area (Å²) in [6, 6.07) is 3.50. The highest BCUT2D eigenvalue weighted by Crippen LogP contribution is 2.46. The fraction of sp³-hybridized carbons (Fsp3) is 0.588. The van der Waals surface area contributed by atoms with E-state index in [0.717, 1.165) is 5.56 Å². The number of hydrogen-bond acceptors (Lipinski definition) is 4. The van der Waals surface area contributed by atoms with Crippen molar-refractivity contribution >= 4 is 6.03 Å². The molecular weight excluding hydrogens is 353 g/mol. The van der Waals surface area contributed by atoms with Gasteiger partial charge in [0.15, 0.2) is 11.5 Å². The van der Waals surface area contributed by atoms with Crippen molar-refractivity contribution in [3.63, 3.8) is 0 Å². The van der Waals surface area contributed by atoms with E-state index in [9.17, 15) is 18.0 Å². The van der Waals surface area contributed by atoms with Crippen LogP contribution in [0.5, 0.6) is 11.5 Å². The summed E-state index contributed by atoms with van der Waals surface area (Å²) in [7, 11) is 1.49. The lowest BCUT2D eigenvalue weighted by Gasteiger charge is -2.29. The lowest BCUT2D eigenvalue weighted by Crippen LogP contribution is -2.66. The summed E-state index contributed by atoms with van der Waals surface area (Å²) in [5.41, 5.74) is 0.496. The molecule has 6 nitrogen and oxygen atoms in total. The normalized spacial score (nSPS) is 19.3. The molecule has 1 heterocycles. The van der Waals surface area contributed by atoms with Crippen LogP contribution >= 0.6 is 0 Å². The van der Waals surface area contributed by atoms with E-state index >= 15 is 0 Å². The Kier molecular flexibility index (Phi) is 5.60. The number of carbonyl (C=O) groups is 1. The van der Waals surface area contributed by atoms with Crippen molar-refractivity contribution in [2.24, 2.45) is 0 Å². The molecule has 9 heteroatoms. The van der Waals surface area contributed by atoms with Gasteiger partial charge in [0, 0.05) is 20.3 Å². The molecule has 2 rings (SSSR count). The molecule has 1 atom stereocenters. The predicted molar refractivity (Wildman–Crippen MR) is 88.2 cm³/mol. The van der Waals surface area contributed by atoms with Gasteiger partial charge in [0.2, 0.25) is 0 Å². The lowest BCUT2D eigenvalue weighted by atomic mass is 9.87. The van der Waals surface area contributed by atoms with Crippen LogP contribution in [0.1, 0.15) is 32.8 Å². The largest absolute Gasteiger partial charge is 0.492 e. The van der Waals surface area contributed by atoms with Gasteiger partial charge in [-0.15, -0.1) is 0 Å². The van der Waals surface area contributed by atoms with Gasteiger partial charge in [-0.3, -0.25) is 5.32 Å². The maximum atomic E-state index is 13.6. The van der Waals surface area contributed by atoms with Crippen molar-refractivity contribution in [3.8, 4) is 11.5 Å². The van der Waals surface area contributed by atoms with Crippen LogP contribution in [0.2, 0.25) is 0 Å². The standard InChI is InChI=1S/C17H23F3N2O4/c1-15(2,3)11-6-7-12-13(10-11)26-17(25-12,16(18,19)20)22-14(23)21-8-5-9-24-4/h6-7,10H,5,8-9H2,1-4H3,(H2,21,22,23)/t17-/m0/s1. The molecule has 2 N–H and O–H groups in total. The summed E-state index contributed by atoms with van der Waals surface area (Å²) in [6.07, 6.45) is -4.53. The van der Waals surface area contributed by atoms with Crippen molar-refractivity contribution < 1.29 is 32.2 Å². The van der Waals surface area contributed by atoms with Gasteiger partial charge in [-0.2, -0.15) is 13.2 Å². The number of methoxy groups -OCH3 is 1. The van der Waals surface area contributed by atoms with Crippen LogP contribution in [-0.2, 0) is 10.2 Å². The van der Waals surface area contributed by atoms with Gasteiger partial charge in [0.25, 0.3) is 0 Å². The quantitative estimate of drug-likeness (QED) is 0.774. The smallest absolute Gasteiger partial charge is 0.424 e. The molecule has 26 heavy (non-hydrogen) atoms. The van der Waals surface area contributed by atoms with Gasteiger partial charge in [0.1, 0.15) is 0 Å². The Morgan fingerprint density at radius 3 is 2.42 bits per heavy atom. The number of halogens is 3. The Labute approximate surface area is 150 Å². The third-order valence-corrected chi connectivity index (χ3v) is 3.78. The van der Waals surface area contributed by atoms with Gasteiger partial charge in [-0.1, -0.05) is 26.8 Å². The summed E-state index contributed by atoms with van der Waals surface area (Å²) >= 11 is 0. The summed E-state index contributed by atoms with van der Waals surface area (Å²) in [6.45, 7) is 6.29. The third-order valence-electron chi connectivity index (χ3n) is 3.78. The van der Waals surface area contributed by atoms with E-state index in [1.807, 2.05) is 20.8 Å². The Balaban J connectivity index is 2.17. The number of hydrogen-bond donors (Lipinski definition) is 2. The molecular formula is C17H23F3N2O4. The maximum absolute atomic E-state index is 13.6. The molecule has 1 aromatic carbocycles. The number of ether oxygens (including phenoxy) is 3. The second-order valence-corrected chi connectivity index (χ2v) is 6.96. The highest BCUT2D eigenvalue weighted by molar-refractivity contribution is 5.74. The average molecular weight is 376 g/mol. The topological polar surface area (TPSA) is 68.8 Å². The number of alkyl halides is 3. The Hall–Kier alpha value is -2.16. The molecule has 0 aliphatic carbocycles. The fourth-order valence-electron chi connectivity index (χ4n) is 2.32. The first-order valence-electron chi connectivity index (χ1n) is 8.13. The van der Waals surface area contributed by atoms with Gasteiger partial charge in [-0.25, -0.2) is 4.79 Å². The zero-order valence-electron chi connectivity index (χ0n) is 15.1. The van der Waals surface area contributed by atoms with Crippen LogP contribution < -0.4 is 20.1 Å². The van der Waals surface area contributed by atoms with Gasteiger partial charge in [0.05, 0.1) is 0 Å². The second kappa shape index (κ2) is 7.22. The van der Waals surface area contributed by atoms with Gasteiger partial charge >= 0.3 is 18.1 Å². The van der Waals surface area contributed by atoms with Crippen LogP contribution in [-0.4, -0.2) is 38.4 Å². The second-order valence-electron chi connectivity index (χ2n) is 6.96. The number of rotatable bonds is 5. The minimum Gasteiger partial charge on any atom is -0.424 e. The molecule has 2 amide bonds. The molecule has 0 saturated heterocycles. The average Bonchev–Trinajstić information content (AvgIpc) is 2.88. The van der Waals surface area contributed by atoms with Gasteiger partial charge < -0.3 is 19.5 Å². The highest BCUT2D eigenvalue weighted by Gasteiger charge is 2.65. The SMILES string of the molecule is COCCCNC(=O)N[C@@]1(C(F)(F)F)Oc2ccc(C(C)(C)C)cc2O1. The van der Waals surface area contributed by atoms with E-state index in [4.69, 9.17) is 14.2 Å². The molecule has 0 aromatic heterocycles.